The summed E-state index contributed by atoms with van der Waals surface area (Å²) in [6.07, 6.45) is 1.56. The average Bonchev–Trinajstić information content (AvgIpc) is 1.85. The van der Waals surface area contributed by atoms with Crippen LogP contribution < -0.4 is 5.46 Å². The predicted molar refractivity (Wildman–Crippen MR) is 41.9 cm³/mol. The van der Waals surface area contributed by atoms with Crippen LogP contribution >= 0.6 is 0 Å². The van der Waals surface area contributed by atoms with Crippen LogP contribution in [0.15, 0.2) is 24.8 Å². The van der Waals surface area contributed by atoms with E-state index in [0.717, 1.165) is 0 Å². The van der Waals surface area contributed by atoms with Crippen LogP contribution in [-0.2, 0) is 0 Å². The van der Waals surface area contributed by atoms with Crippen LogP contribution in [0.5, 0.6) is 0 Å². The molecular formula is C8H6BF. The SMILES string of the molecule is [B]c1cc(F)cc(C=C)c1. The van der Waals surface area contributed by atoms with Gasteiger partial charge in [-0.25, -0.2) is 4.39 Å². The summed E-state index contributed by atoms with van der Waals surface area (Å²) in [4.78, 5) is 0. The minimum Gasteiger partial charge on any atom is -0.207 e. The van der Waals surface area contributed by atoms with Gasteiger partial charge in [-0.1, -0.05) is 24.2 Å². The third-order valence-electron chi connectivity index (χ3n) is 1.18. The van der Waals surface area contributed by atoms with Crippen molar-refractivity contribution in [1.82, 2.24) is 0 Å². The van der Waals surface area contributed by atoms with Crippen molar-refractivity contribution in [2.45, 2.75) is 0 Å². The van der Waals surface area contributed by atoms with Crippen LogP contribution in [0.1, 0.15) is 5.56 Å². The molecule has 10 heavy (non-hydrogen) atoms. The summed E-state index contributed by atoms with van der Waals surface area (Å²) in [7, 11) is 5.35. The summed E-state index contributed by atoms with van der Waals surface area (Å²) >= 11 is 0. The highest BCUT2D eigenvalue weighted by atomic mass is 19.1. The van der Waals surface area contributed by atoms with Gasteiger partial charge in [0.15, 0.2) is 0 Å². The lowest BCUT2D eigenvalue weighted by molar-refractivity contribution is 0.628. The van der Waals surface area contributed by atoms with E-state index >= 15 is 0 Å². The van der Waals surface area contributed by atoms with Gasteiger partial charge >= 0.3 is 0 Å². The molecule has 0 heterocycles. The minimum absolute atomic E-state index is 0.324. The first-order valence-corrected chi connectivity index (χ1v) is 2.91. The van der Waals surface area contributed by atoms with Gasteiger partial charge < -0.3 is 0 Å². The molecule has 0 saturated carbocycles. The Hall–Kier alpha value is -1.05. The second-order valence-corrected chi connectivity index (χ2v) is 2.02. The summed E-state index contributed by atoms with van der Waals surface area (Å²) in [5.74, 6) is -0.324. The summed E-state index contributed by atoms with van der Waals surface area (Å²) in [6, 6.07) is 4.31. The number of hydrogen-bond donors (Lipinski definition) is 0. The van der Waals surface area contributed by atoms with Gasteiger partial charge in [0.05, 0.1) is 0 Å². The Balaban J connectivity index is 3.18. The molecule has 0 nitrogen and oxygen atoms in total. The Kier molecular flexibility index (Phi) is 1.90. The standard InChI is InChI=1S/C8H6BF/c1-2-6-3-7(9)5-8(10)4-6/h2-5H,1H2. The van der Waals surface area contributed by atoms with Gasteiger partial charge in [0.2, 0.25) is 0 Å². The maximum absolute atomic E-state index is 12.5. The summed E-state index contributed by atoms with van der Waals surface area (Å²) in [5, 5.41) is 0. The number of halogens is 1. The summed E-state index contributed by atoms with van der Waals surface area (Å²) < 4.78 is 12.5. The summed E-state index contributed by atoms with van der Waals surface area (Å²) in [5.41, 5.74) is 1.13. The van der Waals surface area contributed by atoms with Gasteiger partial charge in [-0.15, -0.1) is 0 Å². The number of benzene rings is 1. The molecule has 0 aliphatic carbocycles. The molecule has 2 radical (unpaired) electrons. The zero-order chi connectivity index (χ0) is 7.56. The molecule has 2 heteroatoms. The van der Waals surface area contributed by atoms with Gasteiger partial charge in [-0.2, -0.15) is 0 Å². The van der Waals surface area contributed by atoms with Gasteiger partial charge in [0.1, 0.15) is 13.7 Å². The Morgan fingerprint density at radius 1 is 1.40 bits per heavy atom. The smallest absolute Gasteiger partial charge is 0.123 e. The highest BCUT2D eigenvalue weighted by Crippen LogP contribution is 2.01. The molecule has 0 bridgehead atoms. The Bertz CT molecular complexity index is 235. The quantitative estimate of drug-likeness (QED) is 0.504. The largest absolute Gasteiger partial charge is 0.207 e. The van der Waals surface area contributed by atoms with Crippen LogP contribution in [0.2, 0.25) is 0 Å². The lowest BCUT2D eigenvalue weighted by atomic mass is 9.94. The fourth-order valence-corrected chi connectivity index (χ4v) is 0.754. The zero-order valence-corrected chi connectivity index (χ0v) is 5.47. The third kappa shape index (κ3) is 1.47. The Morgan fingerprint density at radius 2 is 2.10 bits per heavy atom. The van der Waals surface area contributed by atoms with Crippen molar-refractivity contribution in [3.05, 3.63) is 36.2 Å². The molecule has 0 aromatic heterocycles. The fraction of sp³-hybridized carbons (Fsp3) is 0. The highest BCUT2D eigenvalue weighted by molar-refractivity contribution is 6.32. The highest BCUT2D eigenvalue weighted by Gasteiger charge is 1.92. The van der Waals surface area contributed by atoms with Crippen LogP contribution in [-0.4, -0.2) is 7.85 Å². The topological polar surface area (TPSA) is 0 Å². The van der Waals surface area contributed by atoms with Crippen molar-refractivity contribution in [1.29, 1.82) is 0 Å². The molecule has 0 aliphatic rings. The fourth-order valence-electron chi connectivity index (χ4n) is 0.754. The molecule has 0 spiro atoms. The molecule has 0 unspecified atom stereocenters. The van der Waals surface area contributed by atoms with Crippen molar-refractivity contribution < 1.29 is 4.39 Å². The van der Waals surface area contributed by atoms with E-state index < -0.39 is 0 Å². The molecule has 0 atom stereocenters. The molecule has 1 aromatic rings. The minimum atomic E-state index is -0.324. The summed E-state index contributed by atoms with van der Waals surface area (Å²) in [6.45, 7) is 3.49. The van der Waals surface area contributed by atoms with Gasteiger partial charge in [-0.3, -0.25) is 0 Å². The van der Waals surface area contributed by atoms with E-state index in [9.17, 15) is 4.39 Å². The molecule has 0 fully saturated rings. The van der Waals surface area contributed by atoms with Crippen LogP contribution in [0, 0.1) is 5.82 Å². The molecular weight excluding hydrogens is 126 g/mol. The number of rotatable bonds is 1. The van der Waals surface area contributed by atoms with Crippen LogP contribution in [0.25, 0.3) is 6.08 Å². The number of hydrogen-bond acceptors (Lipinski definition) is 0. The molecule has 1 rings (SSSR count). The predicted octanol–water partition coefficient (Wildman–Crippen LogP) is 1.26. The molecule has 0 saturated heterocycles. The maximum Gasteiger partial charge on any atom is 0.123 e. The van der Waals surface area contributed by atoms with E-state index in [1.807, 2.05) is 0 Å². The first-order valence-electron chi connectivity index (χ1n) is 2.91. The Labute approximate surface area is 60.8 Å². The monoisotopic (exact) mass is 132 g/mol. The van der Waals surface area contributed by atoms with Crippen molar-refractivity contribution in [2.75, 3.05) is 0 Å². The second-order valence-electron chi connectivity index (χ2n) is 2.02. The first-order chi connectivity index (χ1) is 4.72. The van der Waals surface area contributed by atoms with Crippen LogP contribution in [0.4, 0.5) is 4.39 Å². The maximum atomic E-state index is 12.5. The normalized spacial score (nSPS) is 9.30. The van der Waals surface area contributed by atoms with Gasteiger partial charge in [0, 0.05) is 0 Å². The van der Waals surface area contributed by atoms with Crippen molar-refractivity contribution in [3.63, 3.8) is 0 Å². The van der Waals surface area contributed by atoms with Crippen LogP contribution in [0.3, 0.4) is 0 Å². The van der Waals surface area contributed by atoms with Gasteiger partial charge in [0.25, 0.3) is 0 Å². The van der Waals surface area contributed by atoms with Crippen molar-refractivity contribution in [2.24, 2.45) is 0 Å². The average molecular weight is 132 g/mol. The van der Waals surface area contributed by atoms with E-state index in [1.54, 1.807) is 12.1 Å². The lowest BCUT2D eigenvalue weighted by Gasteiger charge is -1.95. The van der Waals surface area contributed by atoms with Crippen molar-refractivity contribution in [3.8, 4) is 0 Å². The molecule has 0 aliphatic heterocycles. The van der Waals surface area contributed by atoms with Gasteiger partial charge in [-0.05, 0) is 17.7 Å². The molecule has 48 valence electrons. The molecule has 0 amide bonds. The first kappa shape index (κ1) is 7.07. The molecule has 0 N–H and O–H groups in total. The lowest BCUT2D eigenvalue weighted by Crippen LogP contribution is -2.02. The molecule has 1 aromatic carbocycles. The Morgan fingerprint density at radius 3 is 2.60 bits per heavy atom. The van der Waals surface area contributed by atoms with E-state index in [4.69, 9.17) is 7.85 Å². The van der Waals surface area contributed by atoms with E-state index in [0.29, 0.717) is 11.0 Å². The van der Waals surface area contributed by atoms with E-state index in [1.165, 1.54) is 12.1 Å². The van der Waals surface area contributed by atoms with E-state index in [2.05, 4.69) is 6.58 Å². The van der Waals surface area contributed by atoms with E-state index in [-0.39, 0.29) is 5.82 Å². The third-order valence-corrected chi connectivity index (χ3v) is 1.18. The van der Waals surface area contributed by atoms with Crippen molar-refractivity contribution >= 4 is 19.4 Å². The zero-order valence-electron chi connectivity index (χ0n) is 5.47. The second kappa shape index (κ2) is 2.69.